The minimum absolute atomic E-state index is 0.00339. The third-order valence-electron chi connectivity index (χ3n) is 4.07. The topological polar surface area (TPSA) is 67.9 Å². The summed E-state index contributed by atoms with van der Waals surface area (Å²) in [4.78, 5) is 25.7. The van der Waals surface area contributed by atoms with Gasteiger partial charge in [-0.15, -0.1) is 6.42 Å². The van der Waals surface area contributed by atoms with Crippen molar-refractivity contribution in [2.45, 2.75) is 12.8 Å². The van der Waals surface area contributed by atoms with E-state index in [-0.39, 0.29) is 30.7 Å². The highest BCUT2D eigenvalue weighted by atomic mass is 16.5. The molecular formula is C18H22N2O4. The van der Waals surface area contributed by atoms with Crippen molar-refractivity contribution in [2.24, 2.45) is 5.92 Å². The lowest BCUT2D eigenvalue weighted by Crippen LogP contribution is -2.33. The Morgan fingerprint density at radius 3 is 2.79 bits per heavy atom. The van der Waals surface area contributed by atoms with Crippen molar-refractivity contribution < 1.29 is 19.1 Å². The summed E-state index contributed by atoms with van der Waals surface area (Å²) in [6.07, 6.45) is 6.05. The maximum Gasteiger partial charge on any atom is 0.226 e. The number of nitrogens with one attached hydrogen (secondary N) is 1. The van der Waals surface area contributed by atoms with Crippen LogP contribution in [-0.4, -0.2) is 50.6 Å². The second-order valence-corrected chi connectivity index (χ2v) is 5.60. The number of ether oxygens (including phenoxy) is 2. The minimum Gasteiger partial charge on any atom is -0.493 e. The van der Waals surface area contributed by atoms with Crippen LogP contribution < -0.4 is 14.8 Å². The number of benzene rings is 1. The predicted molar refractivity (Wildman–Crippen MR) is 89.8 cm³/mol. The van der Waals surface area contributed by atoms with Gasteiger partial charge in [-0.2, -0.15) is 0 Å². The molecule has 1 atom stereocenters. The van der Waals surface area contributed by atoms with Crippen molar-refractivity contribution in [3.63, 3.8) is 0 Å². The van der Waals surface area contributed by atoms with Gasteiger partial charge in [-0.25, -0.2) is 0 Å². The number of carbonyl (C=O) groups is 2. The Hall–Kier alpha value is -2.68. The highest BCUT2D eigenvalue weighted by molar-refractivity contribution is 5.89. The standard InChI is InChI=1S/C18H22N2O4/c1-4-8-19-18(22)14-11-17(21)20(12-14)9-7-13-5-6-15(23-2)16(10-13)24-3/h1,5-6,10,14H,7-9,11-12H2,2-3H3,(H,19,22). The quantitative estimate of drug-likeness (QED) is 0.753. The Bertz CT molecular complexity index is 651. The number of hydrogen-bond acceptors (Lipinski definition) is 4. The Morgan fingerprint density at radius 2 is 2.12 bits per heavy atom. The van der Waals surface area contributed by atoms with Crippen LogP contribution in [0.5, 0.6) is 11.5 Å². The summed E-state index contributed by atoms with van der Waals surface area (Å²) in [6, 6.07) is 5.69. The summed E-state index contributed by atoms with van der Waals surface area (Å²) >= 11 is 0. The summed E-state index contributed by atoms with van der Waals surface area (Å²) in [5, 5.41) is 2.63. The highest BCUT2D eigenvalue weighted by Gasteiger charge is 2.33. The van der Waals surface area contributed by atoms with Crippen LogP contribution in [0.2, 0.25) is 0 Å². The van der Waals surface area contributed by atoms with Crippen LogP contribution in [0.25, 0.3) is 0 Å². The van der Waals surface area contributed by atoms with Gasteiger partial charge in [0.25, 0.3) is 0 Å². The zero-order chi connectivity index (χ0) is 17.5. The summed E-state index contributed by atoms with van der Waals surface area (Å²) < 4.78 is 10.5. The molecule has 0 radical (unpaired) electrons. The second-order valence-electron chi connectivity index (χ2n) is 5.60. The van der Waals surface area contributed by atoms with Gasteiger partial charge in [-0.3, -0.25) is 9.59 Å². The molecule has 0 aliphatic carbocycles. The van der Waals surface area contributed by atoms with Crippen molar-refractivity contribution in [3.05, 3.63) is 23.8 Å². The molecule has 2 amide bonds. The van der Waals surface area contributed by atoms with Crippen LogP contribution in [0.15, 0.2) is 18.2 Å². The van der Waals surface area contributed by atoms with Crippen molar-refractivity contribution in [1.29, 1.82) is 0 Å². The number of hydrogen-bond donors (Lipinski definition) is 1. The molecule has 128 valence electrons. The van der Waals surface area contributed by atoms with E-state index in [4.69, 9.17) is 15.9 Å². The molecule has 0 aromatic heterocycles. The fourth-order valence-electron chi connectivity index (χ4n) is 2.75. The van der Waals surface area contributed by atoms with Gasteiger partial charge in [-0.05, 0) is 24.1 Å². The maximum atomic E-state index is 12.1. The van der Waals surface area contributed by atoms with Gasteiger partial charge < -0.3 is 19.7 Å². The van der Waals surface area contributed by atoms with Gasteiger partial charge in [0.05, 0.1) is 26.7 Å². The van der Waals surface area contributed by atoms with Crippen LogP contribution in [0.1, 0.15) is 12.0 Å². The molecule has 2 rings (SSSR count). The van der Waals surface area contributed by atoms with Crippen LogP contribution >= 0.6 is 0 Å². The molecule has 1 aromatic rings. The maximum absolute atomic E-state index is 12.1. The predicted octanol–water partition coefficient (Wildman–Crippen LogP) is 0.844. The Morgan fingerprint density at radius 1 is 1.38 bits per heavy atom. The molecule has 6 nitrogen and oxygen atoms in total. The molecule has 0 spiro atoms. The summed E-state index contributed by atoms with van der Waals surface area (Å²) in [6.45, 7) is 1.19. The first-order valence-corrected chi connectivity index (χ1v) is 7.79. The number of carbonyl (C=O) groups excluding carboxylic acids is 2. The Kier molecular flexibility index (Phi) is 6.07. The normalized spacial score (nSPS) is 16.6. The van der Waals surface area contributed by atoms with Crippen molar-refractivity contribution in [2.75, 3.05) is 33.9 Å². The molecule has 1 fully saturated rings. The molecule has 1 aliphatic rings. The molecule has 1 unspecified atom stereocenters. The van der Waals surface area contributed by atoms with E-state index in [9.17, 15) is 9.59 Å². The lowest BCUT2D eigenvalue weighted by atomic mass is 10.1. The fourth-order valence-corrected chi connectivity index (χ4v) is 2.75. The van der Waals surface area contributed by atoms with Gasteiger partial charge in [-0.1, -0.05) is 12.0 Å². The van der Waals surface area contributed by atoms with Crippen LogP contribution in [0, 0.1) is 18.3 Å². The zero-order valence-electron chi connectivity index (χ0n) is 14.0. The lowest BCUT2D eigenvalue weighted by Gasteiger charge is -2.17. The van der Waals surface area contributed by atoms with Crippen LogP contribution in [-0.2, 0) is 16.0 Å². The minimum atomic E-state index is -0.323. The van der Waals surface area contributed by atoms with Gasteiger partial charge in [0.15, 0.2) is 11.5 Å². The molecule has 1 heterocycles. The molecule has 1 N–H and O–H groups in total. The Balaban J connectivity index is 1.91. The smallest absolute Gasteiger partial charge is 0.226 e. The first-order valence-electron chi connectivity index (χ1n) is 7.79. The van der Waals surface area contributed by atoms with E-state index >= 15 is 0 Å². The molecule has 6 heteroatoms. The number of methoxy groups -OCH3 is 2. The third-order valence-corrected chi connectivity index (χ3v) is 4.07. The first-order chi connectivity index (χ1) is 11.6. The van der Waals surface area contributed by atoms with Gasteiger partial charge in [0.1, 0.15) is 0 Å². The van der Waals surface area contributed by atoms with Crippen molar-refractivity contribution >= 4 is 11.8 Å². The summed E-state index contributed by atoms with van der Waals surface area (Å²) in [5.74, 6) is 3.21. The van der Waals surface area contributed by atoms with Crippen LogP contribution in [0.4, 0.5) is 0 Å². The van der Waals surface area contributed by atoms with E-state index in [2.05, 4.69) is 11.2 Å². The molecule has 0 bridgehead atoms. The van der Waals surface area contributed by atoms with Gasteiger partial charge >= 0.3 is 0 Å². The van der Waals surface area contributed by atoms with E-state index in [1.807, 2.05) is 18.2 Å². The lowest BCUT2D eigenvalue weighted by molar-refractivity contribution is -0.128. The molecule has 24 heavy (non-hydrogen) atoms. The van der Waals surface area contributed by atoms with E-state index in [0.29, 0.717) is 31.0 Å². The summed E-state index contributed by atoms with van der Waals surface area (Å²) in [5.41, 5.74) is 1.04. The molecule has 0 saturated carbocycles. The summed E-state index contributed by atoms with van der Waals surface area (Å²) in [7, 11) is 3.18. The van der Waals surface area contributed by atoms with Gasteiger partial charge in [0.2, 0.25) is 11.8 Å². The number of rotatable bonds is 7. The monoisotopic (exact) mass is 330 g/mol. The number of likely N-dealkylation sites (tertiary alicyclic amines) is 1. The number of amides is 2. The molecule has 1 aromatic carbocycles. The highest BCUT2D eigenvalue weighted by Crippen LogP contribution is 2.28. The Labute approximate surface area is 142 Å². The van der Waals surface area contributed by atoms with E-state index in [1.54, 1.807) is 19.1 Å². The largest absolute Gasteiger partial charge is 0.493 e. The van der Waals surface area contributed by atoms with E-state index < -0.39 is 0 Å². The molecule has 1 aliphatic heterocycles. The zero-order valence-corrected chi connectivity index (χ0v) is 14.0. The third kappa shape index (κ3) is 4.19. The number of terminal acetylenes is 1. The molecule has 1 saturated heterocycles. The van der Waals surface area contributed by atoms with E-state index in [1.165, 1.54) is 0 Å². The SMILES string of the molecule is C#CCNC(=O)C1CC(=O)N(CCc2ccc(OC)c(OC)c2)C1. The van der Waals surface area contributed by atoms with E-state index in [0.717, 1.165) is 5.56 Å². The second kappa shape index (κ2) is 8.25. The first kappa shape index (κ1) is 17.7. The van der Waals surface area contributed by atoms with Crippen LogP contribution in [0.3, 0.4) is 0 Å². The average Bonchev–Trinajstić information content (AvgIpc) is 2.98. The van der Waals surface area contributed by atoms with Crippen molar-refractivity contribution in [1.82, 2.24) is 10.2 Å². The average molecular weight is 330 g/mol. The fraction of sp³-hybridized carbons (Fsp3) is 0.444. The number of nitrogens with zero attached hydrogens (tertiary/aromatic N) is 1. The van der Waals surface area contributed by atoms with Gasteiger partial charge in [0, 0.05) is 19.5 Å². The van der Waals surface area contributed by atoms with Crippen molar-refractivity contribution in [3.8, 4) is 23.8 Å². The molecular weight excluding hydrogens is 308 g/mol.